The maximum absolute atomic E-state index is 12.1. The largest absolute Gasteiger partial charge is 0.573 e. The van der Waals surface area contributed by atoms with Gasteiger partial charge in [-0.3, -0.25) is 0 Å². The number of rotatable bonds is 6. The molecule has 2 nitrogen and oxygen atoms in total. The average molecular weight is 287 g/mol. The van der Waals surface area contributed by atoms with Crippen LogP contribution in [0.2, 0.25) is 0 Å². The van der Waals surface area contributed by atoms with Gasteiger partial charge in [0.25, 0.3) is 0 Å². The zero-order valence-corrected chi connectivity index (χ0v) is 11.8. The van der Waals surface area contributed by atoms with Crippen LogP contribution in [0.4, 0.5) is 13.2 Å². The Morgan fingerprint density at radius 1 is 1.20 bits per heavy atom. The number of hydrogen-bond donors (Lipinski definition) is 1. The van der Waals surface area contributed by atoms with Gasteiger partial charge in [0, 0.05) is 12.6 Å². The van der Waals surface area contributed by atoms with Gasteiger partial charge in [0.1, 0.15) is 5.75 Å². The van der Waals surface area contributed by atoms with Gasteiger partial charge >= 0.3 is 6.36 Å². The van der Waals surface area contributed by atoms with Crippen molar-refractivity contribution in [1.29, 1.82) is 0 Å². The van der Waals surface area contributed by atoms with Gasteiger partial charge in [0.05, 0.1) is 0 Å². The minimum absolute atomic E-state index is 0.161. The Morgan fingerprint density at radius 3 is 2.25 bits per heavy atom. The molecule has 2 rings (SSSR count). The summed E-state index contributed by atoms with van der Waals surface area (Å²) in [6.07, 6.45) is -1.37. The van der Waals surface area contributed by atoms with Gasteiger partial charge in [-0.2, -0.15) is 0 Å². The minimum Gasteiger partial charge on any atom is -0.406 e. The second-order valence-corrected chi connectivity index (χ2v) is 5.90. The van der Waals surface area contributed by atoms with E-state index in [0.717, 1.165) is 18.5 Å². The van der Waals surface area contributed by atoms with Crippen LogP contribution in [0.5, 0.6) is 5.75 Å². The monoisotopic (exact) mass is 287 g/mol. The first-order chi connectivity index (χ1) is 9.28. The first-order valence-corrected chi connectivity index (χ1v) is 6.86. The second kappa shape index (κ2) is 5.64. The molecule has 0 saturated heterocycles. The van der Waals surface area contributed by atoms with Crippen molar-refractivity contribution < 1.29 is 17.9 Å². The molecule has 1 aliphatic rings. The molecular weight excluding hydrogens is 267 g/mol. The lowest BCUT2D eigenvalue weighted by Crippen LogP contribution is -2.30. The highest BCUT2D eigenvalue weighted by molar-refractivity contribution is 5.29. The molecule has 0 heterocycles. The van der Waals surface area contributed by atoms with Gasteiger partial charge < -0.3 is 10.1 Å². The molecule has 1 N–H and O–H groups in total. The Balaban J connectivity index is 1.91. The van der Waals surface area contributed by atoms with Gasteiger partial charge in [-0.1, -0.05) is 26.0 Å². The Morgan fingerprint density at radius 2 is 1.80 bits per heavy atom. The average Bonchev–Trinajstić information content (AvgIpc) is 3.08. The number of halogens is 3. The lowest BCUT2D eigenvalue weighted by atomic mass is 9.96. The van der Waals surface area contributed by atoms with E-state index in [1.807, 2.05) is 0 Å². The SMILES string of the molecule is CC(C)NCC1(Cc2ccc(OC(F)(F)F)cc2)CC1. The van der Waals surface area contributed by atoms with Gasteiger partial charge in [0.2, 0.25) is 0 Å². The summed E-state index contributed by atoms with van der Waals surface area (Å²) >= 11 is 0. The zero-order valence-electron chi connectivity index (χ0n) is 11.8. The topological polar surface area (TPSA) is 21.3 Å². The summed E-state index contributed by atoms with van der Waals surface area (Å²) in [6.45, 7) is 5.18. The molecule has 5 heteroatoms. The summed E-state index contributed by atoms with van der Waals surface area (Å²) in [5.74, 6) is -0.161. The highest BCUT2D eigenvalue weighted by Gasteiger charge is 2.42. The van der Waals surface area contributed by atoms with Crippen molar-refractivity contribution >= 4 is 0 Å². The molecule has 0 unspecified atom stereocenters. The van der Waals surface area contributed by atoms with Crippen LogP contribution in [-0.4, -0.2) is 18.9 Å². The van der Waals surface area contributed by atoms with Crippen molar-refractivity contribution in [3.63, 3.8) is 0 Å². The van der Waals surface area contributed by atoms with E-state index in [4.69, 9.17) is 0 Å². The molecule has 20 heavy (non-hydrogen) atoms. The Bertz CT molecular complexity index is 435. The lowest BCUT2D eigenvalue weighted by molar-refractivity contribution is -0.274. The highest BCUT2D eigenvalue weighted by atomic mass is 19.4. The molecule has 1 fully saturated rings. The van der Waals surface area contributed by atoms with E-state index in [0.29, 0.717) is 6.04 Å². The van der Waals surface area contributed by atoms with Crippen molar-refractivity contribution in [1.82, 2.24) is 5.32 Å². The molecule has 0 radical (unpaired) electrons. The first kappa shape index (κ1) is 15.2. The minimum atomic E-state index is -4.62. The van der Waals surface area contributed by atoms with Gasteiger partial charge in [-0.25, -0.2) is 0 Å². The molecule has 1 aromatic rings. The molecule has 1 aromatic carbocycles. The predicted octanol–water partition coefficient (Wildman–Crippen LogP) is 3.91. The van der Waals surface area contributed by atoms with E-state index in [1.165, 1.54) is 25.0 Å². The molecule has 1 saturated carbocycles. The fourth-order valence-electron chi connectivity index (χ4n) is 2.26. The fourth-order valence-corrected chi connectivity index (χ4v) is 2.26. The number of alkyl halides is 3. The number of ether oxygens (including phenoxy) is 1. The summed E-state index contributed by atoms with van der Waals surface area (Å²) in [7, 11) is 0. The van der Waals surface area contributed by atoms with Crippen LogP contribution in [0.3, 0.4) is 0 Å². The van der Waals surface area contributed by atoms with Crippen LogP contribution in [0.25, 0.3) is 0 Å². The smallest absolute Gasteiger partial charge is 0.406 e. The zero-order chi connectivity index (χ0) is 14.8. The Hall–Kier alpha value is -1.23. The second-order valence-electron chi connectivity index (χ2n) is 5.90. The van der Waals surface area contributed by atoms with Crippen molar-refractivity contribution in [2.45, 2.75) is 45.5 Å². The van der Waals surface area contributed by atoms with Gasteiger partial charge in [0.15, 0.2) is 0 Å². The summed E-state index contributed by atoms with van der Waals surface area (Å²) in [5.41, 5.74) is 1.35. The third-order valence-electron chi connectivity index (χ3n) is 3.58. The molecule has 0 spiro atoms. The summed E-state index contributed by atoms with van der Waals surface area (Å²) in [6, 6.07) is 6.66. The van der Waals surface area contributed by atoms with E-state index < -0.39 is 6.36 Å². The van der Waals surface area contributed by atoms with Gasteiger partial charge in [-0.05, 0) is 42.4 Å². The van der Waals surface area contributed by atoms with Crippen LogP contribution < -0.4 is 10.1 Å². The first-order valence-electron chi connectivity index (χ1n) is 6.86. The lowest BCUT2D eigenvalue weighted by Gasteiger charge is -2.18. The molecular formula is C15H20F3NO. The van der Waals surface area contributed by atoms with E-state index in [-0.39, 0.29) is 11.2 Å². The third kappa shape index (κ3) is 4.71. The summed E-state index contributed by atoms with van der Waals surface area (Å²) < 4.78 is 40.1. The van der Waals surface area contributed by atoms with Crippen molar-refractivity contribution in [2.75, 3.05) is 6.54 Å². The van der Waals surface area contributed by atoms with Crippen LogP contribution in [0, 0.1) is 5.41 Å². The van der Waals surface area contributed by atoms with Crippen LogP contribution >= 0.6 is 0 Å². The van der Waals surface area contributed by atoms with Crippen molar-refractivity contribution in [3.05, 3.63) is 29.8 Å². The molecule has 0 aromatic heterocycles. The molecule has 0 bridgehead atoms. The highest BCUT2D eigenvalue weighted by Crippen LogP contribution is 2.48. The standard InChI is InChI=1S/C15H20F3NO/c1-11(2)19-10-14(7-8-14)9-12-3-5-13(6-4-12)20-15(16,17)18/h3-6,11,19H,7-10H2,1-2H3. The van der Waals surface area contributed by atoms with Crippen molar-refractivity contribution in [2.24, 2.45) is 5.41 Å². The predicted molar refractivity (Wildman–Crippen MR) is 71.6 cm³/mol. The number of benzene rings is 1. The summed E-state index contributed by atoms with van der Waals surface area (Å²) in [5, 5.41) is 3.44. The molecule has 1 aliphatic carbocycles. The van der Waals surface area contributed by atoms with Crippen LogP contribution in [-0.2, 0) is 6.42 Å². The number of nitrogens with one attached hydrogen (secondary N) is 1. The van der Waals surface area contributed by atoms with Crippen molar-refractivity contribution in [3.8, 4) is 5.75 Å². The van der Waals surface area contributed by atoms with E-state index in [2.05, 4.69) is 23.9 Å². The van der Waals surface area contributed by atoms with E-state index in [1.54, 1.807) is 12.1 Å². The summed E-state index contributed by atoms with van der Waals surface area (Å²) in [4.78, 5) is 0. The maximum Gasteiger partial charge on any atom is 0.573 e. The molecule has 0 amide bonds. The molecule has 0 atom stereocenters. The fraction of sp³-hybridized carbons (Fsp3) is 0.600. The molecule has 112 valence electrons. The van der Waals surface area contributed by atoms with E-state index >= 15 is 0 Å². The van der Waals surface area contributed by atoms with Crippen LogP contribution in [0.15, 0.2) is 24.3 Å². The van der Waals surface area contributed by atoms with Gasteiger partial charge in [-0.15, -0.1) is 13.2 Å². The number of hydrogen-bond acceptors (Lipinski definition) is 2. The normalized spacial score (nSPS) is 17.3. The Kier molecular flexibility index (Phi) is 4.28. The third-order valence-corrected chi connectivity index (χ3v) is 3.58. The Labute approximate surface area is 117 Å². The van der Waals surface area contributed by atoms with E-state index in [9.17, 15) is 13.2 Å². The quantitative estimate of drug-likeness (QED) is 0.856. The maximum atomic E-state index is 12.1. The molecule has 0 aliphatic heterocycles. The van der Waals surface area contributed by atoms with Crippen LogP contribution in [0.1, 0.15) is 32.3 Å².